The van der Waals surface area contributed by atoms with Gasteiger partial charge in [-0.1, -0.05) is 33.8 Å². The van der Waals surface area contributed by atoms with Crippen LogP contribution in [0.25, 0.3) is 11.1 Å². The van der Waals surface area contributed by atoms with Crippen molar-refractivity contribution >= 4 is 11.9 Å². The molecule has 2 aromatic carbocycles. The minimum Gasteiger partial charge on any atom is -0.493 e. The number of imide groups is 1. The molecule has 2 aliphatic rings. The van der Waals surface area contributed by atoms with Gasteiger partial charge in [0.1, 0.15) is 6.04 Å². The third-order valence-corrected chi connectivity index (χ3v) is 7.33. The maximum Gasteiger partial charge on any atom is 0.322 e. The van der Waals surface area contributed by atoms with Crippen molar-refractivity contribution in [3.63, 3.8) is 0 Å². The molecule has 2 aromatic rings. The fourth-order valence-electron chi connectivity index (χ4n) is 5.19. The Labute approximate surface area is 196 Å². The first-order chi connectivity index (χ1) is 15.5. The molecule has 0 bridgehead atoms. The van der Waals surface area contributed by atoms with Crippen molar-refractivity contribution < 1.29 is 19.1 Å². The Morgan fingerprint density at radius 1 is 0.909 bits per heavy atom. The van der Waals surface area contributed by atoms with Gasteiger partial charge in [0.05, 0.1) is 14.2 Å². The van der Waals surface area contributed by atoms with Crippen LogP contribution in [0.4, 0.5) is 4.79 Å². The number of hydrogen-bond donors (Lipinski definition) is 2. The van der Waals surface area contributed by atoms with Crippen LogP contribution in [0.2, 0.25) is 0 Å². The van der Waals surface area contributed by atoms with Crippen molar-refractivity contribution in [2.75, 3.05) is 14.2 Å². The van der Waals surface area contributed by atoms with Gasteiger partial charge in [0.15, 0.2) is 11.5 Å². The van der Waals surface area contributed by atoms with E-state index in [4.69, 9.17) is 9.47 Å². The summed E-state index contributed by atoms with van der Waals surface area (Å²) in [6.07, 6.45) is 2.66. The van der Waals surface area contributed by atoms with Gasteiger partial charge < -0.3 is 14.8 Å². The number of carbonyl (C=O) groups excluding carboxylic acids is 2. The number of fused-ring (bicyclic) bond motifs is 1. The van der Waals surface area contributed by atoms with Crippen LogP contribution in [0.3, 0.4) is 0 Å². The van der Waals surface area contributed by atoms with Crippen LogP contribution in [-0.2, 0) is 22.0 Å². The number of ether oxygens (including phenoxy) is 2. The van der Waals surface area contributed by atoms with Crippen molar-refractivity contribution in [1.82, 2.24) is 10.6 Å². The summed E-state index contributed by atoms with van der Waals surface area (Å²) in [5.74, 6) is 0.953. The van der Waals surface area contributed by atoms with E-state index in [0.29, 0.717) is 17.9 Å². The molecule has 6 nitrogen and oxygen atoms in total. The number of carbonyl (C=O) groups is 2. The Morgan fingerprint density at radius 3 is 2.09 bits per heavy atom. The number of rotatable bonds is 5. The quantitative estimate of drug-likeness (QED) is 0.643. The molecule has 1 aliphatic carbocycles. The van der Waals surface area contributed by atoms with Crippen LogP contribution < -0.4 is 20.1 Å². The first-order valence-corrected chi connectivity index (χ1v) is 11.5. The van der Waals surface area contributed by atoms with Gasteiger partial charge in [-0.05, 0) is 76.6 Å². The van der Waals surface area contributed by atoms with E-state index in [0.717, 1.165) is 29.5 Å². The van der Waals surface area contributed by atoms with E-state index >= 15 is 0 Å². The van der Waals surface area contributed by atoms with Crippen LogP contribution in [0.5, 0.6) is 11.5 Å². The second kappa shape index (κ2) is 8.08. The molecular weight excluding hydrogens is 416 g/mol. The molecule has 1 unspecified atom stereocenters. The summed E-state index contributed by atoms with van der Waals surface area (Å²) in [5, 5.41) is 4.98. The van der Waals surface area contributed by atoms with Gasteiger partial charge in [0, 0.05) is 12.0 Å². The largest absolute Gasteiger partial charge is 0.493 e. The van der Waals surface area contributed by atoms with E-state index in [-0.39, 0.29) is 16.7 Å². The molecule has 2 N–H and O–H groups in total. The van der Waals surface area contributed by atoms with Crippen molar-refractivity contribution in [2.45, 2.75) is 70.8 Å². The summed E-state index contributed by atoms with van der Waals surface area (Å²) in [6, 6.07) is 7.51. The van der Waals surface area contributed by atoms with Gasteiger partial charge in [0.2, 0.25) is 0 Å². The number of amides is 3. The highest BCUT2D eigenvalue weighted by Crippen LogP contribution is 2.49. The molecule has 3 amide bonds. The van der Waals surface area contributed by atoms with E-state index in [9.17, 15) is 9.59 Å². The van der Waals surface area contributed by atoms with Gasteiger partial charge in [-0.15, -0.1) is 0 Å². The fourth-order valence-corrected chi connectivity index (χ4v) is 5.19. The van der Waals surface area contributed by atoms with Crippen LogP contribution in [0.15, 0.2) is 24.3 Å². The van der Waals surface area contributed by atoms with Crippen LogP contribution in [-0.4, -0.2) is 32.2 Å². The zero-order valence-electron chi connectivity index (χ0n) is 20.6. The first kappa shape index (κ1) is 23.1. The molecule has 0 spiro atoms. The van der Waals surface area contributed by atoms with Gasteiger partial charge in [-0.2, -0.15) is 0 Å². The lowest BCUT2D eigenvalue weighted by Crippen LogP contribution is -2.34. The van der Waals surface area contributed by atoms with E-state index in [1.165, 1.54) is 16.7 Å². The average molecular weight is 451 g/mol. The molecule has 33 heavy (non-hydrogen) atoms. The summed E-state index contributed by atoms with van der Waals surface area (Å²) < 4.78 is 11.5. The number of nitrogens with one attached hydrogen (secondary N) is 2. The molecule has 1 atom stereocenters. The number of urea groups is 1. The summed E-state index contributed by atoms with van der Waals surface area (Å²) in [4.78, 5) is 23.7. The minimum atomic E-state index is -0.604. The molecule has 1 aliphatic heterocycles. The Kier molecular flexibility index (Phi) is 5.67. The lowest BCUT2D eigenvalue weighted by Gasteiger charge is -2.42. The Morgan fingerprint density at radius 2 is 1.55 bits per heavy atom. The second-order valence-corrected chi connectivity index (χ2v) is 10.6. The summed E-state index contributed by atoms with van der Waals surface area (Å²) in [6.45, 7) is 11.4. The Balaban J connectivity index is 1.88. The molecule has 0 radical (unpaired) electrons. The van der Waals surface area contributed by atoms with Crippen LogP contribution in [0.1, 0.15) is 62.8 Å². The lowest BCUT2D eigenvalue weighted by molar-refractivity contribution is -0.120. The van der Waals surface area contributed by atoms with E-state index in [1.807, 2.05) is 6.07 Å². The molecule has 0 saturated carbocycles. The van der Waals surface area contributed by atoms with Gasteiger partial charge in [-0.25, -0.2) is 4.79 Å². The van der Waals surface area contributed by atoms with E-state index in [1.54, 1.807) is 14.2 Å². The van der Waals surface area contributed by atoms with E-state index < -0.39 is 12.1 Å². The predicted octanol–water partition coefficient (Wildman–Crippen LogP) is 4.78. The van der Waals surface area contributed by atoms with Crippen molar-refractivity contribution in [3.05, 3.63) is 46.5 Å². The number of benzene rings is 2. The smallest absolute Gasteiger partial charge is 0.322 e. The molecular formula is C27H34N2O4. The SMILES string of the molecule is COc1cc(CC2NC(=O)NC2=O)cc(-c2cc3c(cc2C)C(C)(C)CCC3(C)C)c1OC. The maximum absolute atomic E-state index is 12.1. The number of aryl methyl sites for hydroxylation is 1. The van der Waals surface area contributed by atoms with Crippen molar-refractivity contribution in [2.24, 2.45) is 0 Å². The molecule has 176 valence electrons. The normalized spacial score (nSPS) is 20.6. The van der Waals surface area contributed by atoms with Crippen LogP contribution in [0, 0.1) is 6.92 Å². The zero-order chi connectivity index (χ0) is 24.1. The number of methoxy groups -OCH3 is 2. The Bertz CT molecular complexity index is 1130. The average Bonchev–Trinajstić information content (AvgIpc) is 3.07. The molecule has 4 rings (SSSR count). The van der Waals surface area contributed by atoms with Crippen molar-refractivity contribution in [1.29, 1.82) is 0 Å². The van der Waals surface area contributed by atoms with Gasteiger partial charge in [0.25, 0.3) is 5.91 Å². The third-order valence-electron chi connectivity index (χ3n) is 7.33. The summed E-state index contributed by atoms with van der Waals surface area (Å²) in [5.41, 5.74) is 7.07. The molecule has 6 heteroatoms. The Hall–Kier alpha value is -3.02. The minimum absolute atomic E-state index is 0.0778. The first-order valence-electron chi connectivity index (χ1n) is 11.5. The monoisotopic (exact) mass is 450 g/mol. The highest BCUT2D eigenvalue weighted by molar-refractivity contribution is 6.04. The zero-order valence-corrected chi connectivity index (χ0v) is 20.6. The fraction of sp³-hybridized carbons (Fsp3) is 0.481. The van der Waals surface area contributed by atoms with E-state index in [2.05, 4.69) is 63.5 Å². The second-order valence-electron chi connectivity index (χ2n) is 10.6. The standard InChI is InChI=1S/C27H34N2O4/c1-15-10-19-20(27(4,5)9-8-26(19,2)3)14-17(15)18-11-16(13-22(32-6)23(18)33-7)12-21-24(30)29-25(31)28-21/h10-11,13-14,21H,8-9,12H2,1-7H3,(H2,28,29,30,31). The van der Waals surface area contributed by atoms with Crippen molar-refractivity contribution in [3.8, 4) is 22.6 Å². The number of hydrogen-bond acceptors (Lipinski definition) is 4. The highest BCUT2D eigenvalue weighted by Gasteiger charge is 2.38. The summed E-state index contributed by atoms with van der Waals surface area (Å²) >= 11 is 0. The summed E-state index contributed by atoms with van der Waals surface area (Å²) in [7, 11) is 3.26. The lowest BCUT2D eigenvalue weighted by atomic mass is 9.62. The molecule has 1 saturated heterocycles. The predicted molar refractivity (Wildman–Crippen MR) is 129 cm³/mol. The van der Waals surface area contributed by atoms with Gasteiger partial charge in [-0.3, -0.25) is 10.1 Å². The molecule has 1 heterocycles. The maximum atomic E-state index is 12.1. The van der Waals surface area contributed by atoms with Crippen LogP contribution >= 0.6 is 0 Å². The van der Waals surface area contributed by atoms with Gasteiger partial charge >= 0.3 is 6.03 Å². The molecule has 1 fully saturated rings. The molecule has 0 aromatic heterocycles. The third kappa shape index (κ3) is 4.07. The highest BCUT2D eigenvalue weighted by atomic mass is 16.5. The topological polar surface area (TPSA) is 76.7 Å².